The van der Waals surface area contributed by atoms with Gasteiger partial charge in [0.1, 0.15) is 0 Å². The highest BCUT2D eigenvalue weighted by Crippen LogP contribution is 2.58. The number of benzene rings is 2. The Morgan fingerprint density at radius 2 is 1.52 bits per heavy atom. The summed E-state index contributed by atoms with van der Waals surface area (Å²) in [5, 5.41) is 0. The molecule has 1 saturated carbocycles. The van der Waals surface area contributed by atoms with E-state index >= 15 is 0 Å². The summed E-state index contributed by atoms with van der Waals surface area (Å²) >= 11 is 0. The summed E-state index contributed by atoms with van der Waals surface area (Å²) in [6.45, 7) is 5.90. The van der Waals surface area contributed by atoms with Crippen molar-refractivity contribution in [3.05, 3.63) is 71.3 Å². The Bertz CT molecular complexity index is 589. The van der Waals surface area contributed by atoms with Crippen molar-refractivity contribution in [1.82, 2.24) is 4.90 Å². The zero-order chi connectivity index (χ0) is 14.2. The number of hydrogen-bond acceptors (Lipinski definition) is 1. The SMILES string of the molecule is CCc1ccc(C2C3CN(Cc4ccccc4)CC32)cc1. The molecule has 2 aromatic carbocycles. The predicted octanol–water partition coefficient (Wildman–Crippen LogP) is 4.09. The third-order valence-electron chi connectivity index (χ3n) is 5.29. The molecule has 2 unspecified atom stereocenters. The van der Waals surface area contributed by atoms with E-state index in [0.717, 1.165) is 30.7 Å². The van der Waals surface area contributed by atoms with Crippen LogP contribution in [0.25, 0.3) is 0 Å². The number of hydrogen-bond donors (Lipinski definition) is 0. The van der Waals surface area contributed by atoms with Gasteiger partial charge in [0.15, 0.2) is 0 Å². The van der Waals surface area contributed by atoms with E-state index in [4.69, 9.17) is 0 Å². The van der Waals surface area contributed by atoms with Gasteiger partial charge in [0.25, 0.3) is 0 Å². The molecule has 0 amide bonds. The first kappa shape index (κ1) is 13.1. The monoisotopic (exact) mass is 277 g/mol. The topological polar surface area (TPSA) is 3.24 Å². The summed E-state index contributed by atoms with van der Waals surface area (Å²) in [5.41, 5.74) is 4.47. The lowest BCUT2D eigenvalue weighted by Gasteiger charge is -2.19. The molecule has 0 aromatic heterocycles. The summed E-state index contributed by atoms with van der Waals surface area (Å²) in [5.74, 6) is 2.64. The molecule has 2 aromatic rings. The molecule has 4 rings (SSSR count). The van der Waals surface area contributed by atoms with Gasteiger partial charge in [-0.25, -0.2) is 0 Å². The van der Waals surface area contributed by atoms with E-state index in [-0.39, 0.29) is 0 Å². The van der Waals surface area contributed by atoms with Crippen molar-refractivity contribution in [2.24, 2.45) is 11.8 Å². The number of rotatable bonds is 4. The predicted molar refractivity (Wildman–Crippen MR) is 87.3 cm³/mol. The van der Waals surface area contributed by atoms with Crippen molar-refractivity contribution >= 4 is 0 Å². The molecule has 0 spiro atoms. The van der Waals surface area contributed by atoms with Crippen LogP contribution in [0.2, 0.25) is 0 Å². The minimum atomic E-state index is 0.836. The fourth-order valence-corrected chi connectivity index (χ4v) is 4.05. The van der Waals surface area contributed by atoms with Crippen molar-refractivity contribution < 1.29 is 0 Å². The van der Waals surface area contributed by atoms with Gasteiger partial charge in [0.2, 0.25) is 0 Å². The van der Waals surface area contributed by atoms with Crippen LogP contribution in [0.15, 0.2) is 54.6 Å². The Labute approximate surface area is 127 Å². The average molecular weight is 277 g/mol. The summed E-state index contributed by atoms with van der Waals surface area (Å²) < 4.78 is 0. The maximum absolute atomic E-state index is 2.63. The minimum Gasteiger partial charge on any atom is -0.298 e. The van der Waals surface area contributed by atoms with Crippen molar-refractivity contribution in [1.29, 1.82) is 0 Å². The molecular weight excluding hydrogens is 254 g/mol. The molecule has 1 nitrogen and oxygen atoms in total. The molecular formula is C20H23N. The molecule has 1 heteroatoms. The number of likely N-dealkylation sites (tertiary alicyclic amines) is 1. The lowest BCUT2D eigenvalue weighted by atomic mass is 10.0. The third kappa shape index (κ3) is 2.51. The van der Waals surface area contributed by atoms with Crippen LogP contribution < -0.4 is 0 Å². The zero-order valence-electron chi connectivity index (χ0n) is 12.7. The van der Waals surface area contributed by atoms with Gasteiger partial charge in [-0.05, 0) is 40.9 Å². The van der Waals surface area contributed by atoms with Crippen LogP contribution in [0.4, 0.5) is 0 Å². The van der Waals surface area contributed by atoms with Crippen LogP contribution in [0.3, 0.4) is 0 Å². The van der Waals surface area contributed by atoms with E-state index in [0.29, 0.717) is 0 Å². The van der Waals surface area contributed by atoms with Crippen LogP contribution in [-0.2, 0) is 13.0 Å². The van der Waals surface area contributed by atoms with Gasteiger partial charge in [-0.15, -0.1) is 0 Å². The lowest BCUT2D eigenvalue weighted by molar-refractivity contribution is 0.290. The second-order valence-electron chi connectivity index (χ2n) is 6.63. The van der Waals surface area contributed by atoms with Gasteiger partial charge in [-0.2, -0.15) is 0 Å². The van der Waals surface area contributed by atoms with Crippen LogP contribution in [-0.4, -0.2) is 18.0 Å². The largest absolute Gasteiger partial charge is 0.298 e. The van der Waals surface area contributed by atoms with Crippen molar-refractivity contribution in [2.45, 2.75) is 25.8 Å². The Morgan fingerprint density at radius 3 is 2.14 bits per heavy atom. The van der Waals surface area contributed by atoms with Gasteiger partial charge in [0, 0.05) is 19.6 Å². The third-order valence-corrected chi connectivity index (χ3v) is 5.29. The minimum absolute atomic E-state index is 0.836. The molecule has 108 valence electrons. The van der Waals surface area contributed by atoms with Crippen molar-refractivity contribution in [3.63, 3.8) is 0 Å². The summed E-state index contributed by atoms with van der Waals surface area (Å²) in [6.07, 6.45) is 1.14. The fraction of sp³-hybridized carbons (Fsp3) is 0.400. The first-order valence-electron chi connectivity index (χ1n) is 8.20. The number of aryl methyl sites for hydroxylation is 1. The van der Waals surface area contributed by atoms with E-state index in [1.54, 1.807) is 5.56 Å². The van der Waals surface area contributed by atoms with E-state index in [2.05, 4.69) is 66.4 Å². The molecule has 21 heavy (non-hydrogen) atoms. The first-order valence-corrected chi connectivity index (χ1v) is 8.20. The number of fused-ring (bicyclic) bond motifs is 1. The quantitative estimate of drug-likeness (QED) is 0.813. The Hall–Kier alpha value is -1.60. The van der Waals surface area contributed by atoms with Gasteiger partial charge in [-0.3, -0.25) is 4.90 Å². The van der Waals surface area contributed by atoms with E-state index in [1.165, 1.54) is 24.2 Å². The van der Waals surface area contributed by atoms with Gasteiger partial charge >= 0.3 is 0 Å². The molecule has 2 fully saturated rings. The van der Waals surface area contributed by atoms with Crippen molar-refractivity contribution in [2.75, 3.05) is 13.1 Å². The summed E-state index contributed by atoms with van der Waals surface area (Å²) in [7, 11) is 0. The number of piperidine rings is 1. The van der Waals surface area contributed by atoms with Gasteiger partial charge in [0.05, 0.1) is 0 Å². The van der Waals surface area contributed by atoms with E-state index < -0.39 is 0 Å². The highest BCUT2D eigenvalue weighted by molar-refractivity contribution is 5.33. The molecule has 0 N–H and O–H groups in total. The summed E-state index contributed by atoms with van der Waals surface area (Å²) in [6, 6.07) is 20.2. The lowest BCUT2D eigenvalue weighted by Crippen LogP contribution is -2.23. The molecule has 0 bridgehead atoms. The first-order chi connectivity index (χ1) is 10.3. The Balaban J connectivity index is 1.36. The zero-order valence-corrected chi connectivity index (χ0v) is 12.7. The Morgan fingerprint density at radius 1 is 0.857 bits per heavy atom. The van der Waals surface area contributed by atoms with Gasteiger partial charge in [-0.1, -0.05) is 61.5 Å². The smallest absolute Gasteiger partial charge is 0.0233 e. The maximum Gasteiger partial charge on any atom is 0.0233 e. The standard InChI is InChI=1S/C20H23N/c1-2-15-8-10-17(11-9-15)20-18-13-21(14-19(18)20)12-16-6-4-3-5-7-16/h3-11,18-20H,2,12-14H2,1H3. The molecule has 1 aliphatic heterocycles. The fourth-order valence-electron chi connectivity index (χ4n) is 4.05. The average Bonchev–Trinajstić information content (AvgIpc) is 3.04. The van der Waals surface area contributed by atoms with Gasteiger partial charge < -0.3 is 0 Å². The highest BCUT2D eigenvalue weighted by atomic mass is 15.2. The van der Waals surface area contributed by atoms with E-state index in [1.807, 2.05) is 0 Å². The van der Waals surface area contributed by atoms with Crippen LogP contribution in [0.1, 0.15) is 29.5 Å². The normalized spacial score (nSPS) is 27.6. The number of nitrogens with zero attached hydrogens (tertiary/aromatic N) is 1. The molecule has 2 atom stereocenters. The van der Waals surface area contributed by atoms with Crippen LogP contribution >= 0.6 is 0 Å². The van der Waals surface area contributed by atoms with Crippen LogP contribution in [0, 0.1) is 11.8 Å². The second-order valence-corrected chi connectivity index (χ2v) is 6.63. The maximum atomic E-state index is 2.63. The second kappa shape index (κ2) is 5.31. The molecule has 1 aliphatic carbocycles. The molecule has 1 heterocycles. The highest BCUT2D eigenvalue weighted by Gasteiger charge is 2.55. The Kier molecular flexibility index (Phi) is 3.31. The van der Waals surface area contributed by atoms with Crippen LogP contribution in [0.5, 0.6) is 0 Å². The molecule has 1 saturated heterocycles. The molecule has 0 radical (unpaired) electrons. The summed E-state index contributed by atoms with van der Waals surface area (Å²) in [4.78, 5) is 2.63. The van der Waals surface area contributed by atoms with E-state index in [9.17, 15) is 0 Å². The molecule has 2 aliphatic rings. The van der Waals surface area contributed by atoms with Crippen molar-refractivity contribution in [3.8, 4) is 0 Å².